The van der Waals surface area contributed by atoms with Gasteiger partial charge in [-0.3, -0.25) is 4.79 Å². The van der Waals surface area contributed by atoms with Crippen molar-refractivity contribution in [2.75, 3.05) is 7.11 Å². The lowest BCUT2D eigenvalue weighted by atomic mass is 9.72. The molecule has 4 nitrogen and oxygen atoms in total. The summed E-state index contributed by atoms with van der Waals surface area (Å²) in [5.41, 5.74) is 4.83. The highest BCUT2D eigenvalue weighted by atomic mass is 19.1. The quantitative estimate of drug-likeness (QED) is 0.285. The molecule has 3 aromatic rings. The number of hydrogen-bond donors (Lipinski definition) is 1. The normalized spacial score (nSPS) is 19.3. The number of carboxylic acids is 1. The standard InChI is InChI=1S/C34H39FO4/c1-34(2)16-6-11-31(34)29-17-22(12-14-27(29)30-19-25(38-3)13-15-32(30)35)21-39-26-10-5-9-24(18-26)28(20-33(36)37)23-7-4-8-23/h5,9-10,12-15,17-19,23,28,31H,4,6-8,11,16,20-21H2,1-3H3,(H,36,37)/t28-,31+/m1/s1. The molecule has 206 valence electrons. The van der Waals surface area contributed by atoms with E-state index in [4.69, 9.17) is 9.47 Å². The van der Waals surface area contributed by atoms with Gasteiger partial charge in [0, 0.05) is 5.56 Å². The molecule has 5 heteroatoms. The first-order valence-corrected chi connectivity index (χ1v) is 14.2. The fourth-order valence-corrected chi connectivity index (χ4v) is 6.57. The maximum atomic E-state index is 15.1. The Balaban J connectivity index is 1.42. The van der Waals surface area contributed by atoms with Crippen molar-refractivity contribution in [1.82, 2.24) is 0 Å². The number of halogens is 1. The van der Waals surface area contributed by atoms with Crippen molar-refractivity contribution in [2.24, 2.45) is 11.3 Å². The number of ether oxygens (including phenoxy) is 2. The van der Waals surface area contributed by atoms with Crippen molar-refractivity contribution >= 4 is 5.97 Å². The zero-order valence-electron chi connectivity index (χ0n) is 23.2. The summed E-state index contributed by atoms with van der Waals surface area (Å²) in [7, 11) is 1.60. The Labute approximate surface area is 231 Å². The largest absolute Gasteiger partial charge is 0.497 e. The lowest BCUT2D eigenvalue weighted by Crippen LogP contribution is -2.22. The molecule has 0 bridgehead atoms. The van der Waals surface area contributed by atoms with Crippen LogP contribution in [0.5, 0.6) is 11.5 Å². The van der Waals surface area contributed by atoms with E-state index >= 15 is 4.39 Å². The molecule has 0 aliphatic heterocycles. The van der Waals surface area contributed by atoms with Crippen LogP contribution in [0.1, 0.15) is 87.3 Å². The fourth-order valence-electron chi connectivity index (χ4n) is 6.57. The summed E-state index contributed by atoms with van der Waals surface area (Å²) in [5, 5.41) is 9.48. The van der Waals surface area contributed by atoms with Gasteiger partial charge in [0.25, 0.3) is 0 Å². The van der Waals surface area contributed by atoms with Crippen LogP contribution in [0.25, 0.3) is 11.1 Å². The van der Waals surface area contributed by atoms with Crippen LogP contribution in [-0.4, -0.2) is 18.2 Å². The Kier molecular flexibility index (Phi) is 7.97. The van der Waals surface area contributed by atoms with E-state index in [0.29, 0.717) is 29.8 Å². The topological polar surface area (TPSA) is 55.8 Å². The van der Waals surface area contributed by atoms with Crippen LogP contribution >= 0.6 is 0 Å². The van der Waals surface area contributed by atoms with Gasteiger partial charge in [-0.1, -0.05) is 57.0 Å². The molecule has 2 fully saturated rings. The molecule has 2 atom stereocenters. The van der Waals surface area contributed by atoms with E-state index in [9.17, 15) is 9.90 Å². The third kappa shape index (κ3) is 5.98. The van der Waals surface area contributed by atoms with Gasteiger partial charge in [0.1, 0.15) is 23.9 Å². The van der Waals surface area contributed by atoms with Crippen LogP contribution in [0.4, 0.5) is 4.39 Å². The molecule has 0 spiro atoms. The number of rotatable bonds is 10. The van der Waals surface area contributed by atoms with Crippen LogP contribution in [0.3, 0.4) is 0 Å². The Hall–Kier alpha value is -3.34. The highest BCUT2D eigenvalue weighted by Gasteiger charge is 2.37. The van der Waals surface area contributed by atoms with Crippen molar-refractivity contribution in [1.29, 1.82) is 0 Å². The maximum Gasteiger partial charge on any atom is 0.303 e. The third-order valence-electron chi connectivity index (χ3n) is 9.02. The molecule has 2 aliphatic carbocycles. The van der Waals surface area contributed by atoms with Gasteiger partial charge in [-0.15, -0.1) is 0 Å². The molecule has 2 aliphatic rings. The minimum absolute atomic E-state index is 0.0213. The van der Waals surface area contributed by atoms with Crippen molar-refractivity contribution in [3.05, 3.63) is 83.2 Å². The Morgan fingerprint density at radius 3 is 2.49 bits per heavy atom. The summed E-state index contributed by atoms with van der Waals surface area (Å²) in [5.74, 6) is 1.14. The smallest absolute Gasteiger partial charge is 0.303 e. The minimum atomic E-state index is -0.756. The Morgan fingerprint density at radius 2 is 1.82 bits per heavy atom. The second-order valence-electron chi connectivity index (χ2n) is 12.0. The van der Waals surface area contributed by atoms with Gasteiger partial charge >= 0.3 is 5.97 Å². The lowest BCUT2D eigenvalue weighted by Gasteiger charge is -2.33. The molecule has 5 rings (SSSR count). The van der Waals surface area contributed by atoms with Gasteiger partial charge in [0.05, 0.1) is 13.5 Å². The molecule has 0 aromatic heterocycles. The number of aliphatic carboxylic acids is 1. The first-order valence-electron chi connectivity index (χ1n) is 14.2. The highest BCUT2D eigenvalue weighted by molar-refractivity contribution is 5.71. The summed E-state index contributed by atoms with van der Waals surface area (Å²) in [6.07, 6.45) is 6.87. The zero-order valence-corrected chi connectivity index (χ0v) is 23.2. The first-order chi connectivity index (χ1) is 18.7. The predicted octanol–water partition coefficient (Wildman–Crippen LogP) is 8.73. The van der Waals surface area contributed by atoms with Crippen LogP contribution < -0.4 is 9.47 Å². The zero-order chi connectivity index (χ0) is 27.6. The van der Waals surface area contributed by atoms with E-state index < -0.39 is 5.97 Å². The van der Waals surface area contributed by atoms with Crippen molar-refractivity contribution in [3.63, 3.8) is 0 Å². The second kappa shape index (κ2) is 11.4. The first kappa shape index (κ1) is 27.2. The average Bonchev–Trinajstić information content (AvgIpc) is 3.25. The van der Waals surface area contributed by atoms with Crippen LogP contribution in [0.2, 0.25) is 0 Å². The molecule has 0 heterocycles. The van der Waals surface area contributed by atoms with E-state index in [2.05, 4.69) is 19.9 Å². The fraction of sp³-hybridized carbons (Fsp3) is 0.441. The molecule has 0 amide bonds. The molecular weight excluding hydrogens is 491 g/mol. The van der Waals surface area contributed by atoms with Crippen LogP contribution in [0.15, 0.2) is 60.7 Å². The molecule has 0 saturated heterocycles. The summed E-state index contributed by atoms with van der Waals surface area (Å²) in [4.78, 5) is 11.5. The number of hydrogen-bond acceptors (Lipinski definition) is 3. The van der Waals surface area contributed by atoms with E-state index in [1.54, 1.807) is 19.2 Å². The number of methoxy groups -OCH3 is 1. The summed E-state index contributed by atoms with van der Waals surface area (Å²) in [6, 6.07) is 19.1. The highest BCUT2D eigenvalue weighted by Crippen LogP contribution is 2.51. The van der Waals surface area contributed by atoms with Crippen LogP contribution in [0, 0.1) is 17.2 Å². The number of carboxylic acid groups (broad SMARTS) is 1. The third-order valence-corrected chi connectivity index (χ3v) is 9.02. The summed E-state index contributed by atoms with van der Waals surface area (Å²) < 4.78 is 26.7. The lowest BCUT2D eigenvalue weighted by molar-refractivity contribution is -0.138. The SMILES string of the molecule is COc1ccc(F)c(-c2ccc(COc3cccc([C@H](CC(=O)O)C4CCC4)c3)cc2[C@@H]2CCCC2(C)C)c1. The molecular formula is C34H39FO4. The minimum Gasteiger partial charge on any atom is -0.497 e. The van der Waals surface area contributed by atoms with E-state index in [0.717, 1.165) is 60.1 Å². The maximum absolute atomic E-state index is 15.1. The van der Waals surface area contributed by atoms with E-state index in [-0.39, 0.29) is 23.6 Å². The predicted molar refractivity (Wildman–Crippen MR) is 152 cm³/mol. The molecule has 0 unspecified atom stereocenters. The molecule has 0 radical (unpaired) electrons. The van der Waals surface area contributed by atoms with E-state index in [1.165, 1.54) is 12.5 Å². The van der Waals surface area contributed by atoms with Crippen molar-refractivity contribution in [3.8, 4) is 22.6 Å². The van der Waals surface area contributed by atoms with Crippen molar-refractivity contribution < 1.29 is 23.8 Å². The molecule has 39 heavy (non-hydrogen) atoms. The molecule has 1 N–H and O–H groups in total. The van der Waals surface area contributed by atoms with Gasteiger partial charge in [0.15, 0.2) is 0 Å². The number of benzene rings is 3. The van der Waals surface area contributed by atoms with E-state index in [1.807, 2.05) is 36.4 Å². The van der Waals surface area contributed by atoms with Gasteiger partial charge in [-0.2, -0.15) is 0 Å². The van der Waals surface area contributed by atoms with Crippen molar-refractivity contribution in [2.45, 2.75) is 77.2 Å². The summed E-state index contributed by atoms with van der Waals surface area (Å²) >= 11 is 0. The van der Waals surface area contributed by atoms with Gasteiger partial charge < -0.3 is 14.6 Å². The monoisotopic (exact) mass is 530 g/mol. The van der Waals surface area contributed by atoms with Gasteiger partial charge in [0.2, 0.25) is 0 Å². The van der Waals surface area contributed by atoms with Gasteiger partial charge in [-0.05, 0) is 101 Å². The second-order valence-corrected chi connectivity index (χ2v) is 12.0. The molecule has 2 saturated carbocycles. The van der Waals surface area contributed by atoms with Gasteiger partial charge in [-0.25, -0.2) is 4.39 Å². The average molecular weight is 531 g/mol. The summed E-state index contributed by atoms with van der Waals surface area (Å²) in [6.45, 7) is 5.00. The Bertz CT molecular complexity index is 1330. The number of carbonyl (C=O) groups is 1. The molecule has 3 aromatic carbocycles. The van der Waals surface area contributed by atoms with Crippen LogP contribution in [-0.2, 0) is 11.4 Å². The Morgan fingerprint density at radius 1 is 1.00 bits per heavy atom.